The summed E-state index contributed by atoms with van der Waals surface area (Å²) >= 11 is 1.27. The maximum absolute atomic E-state index is 10.1. The molecule has 0 spiro atoms. The zero-order chi connectivity index (χ0) is 21.4. The topological polar surface area (TPSA) is 98.0 Å². The van der Waals surface area contributed by atoms with E-state index in [0.717, 1.165) is 43.5 Å². The van der Waals surface area contributed by atoms with Gasteiger partial charge in [0.15, 0.2) is 5.13 Å². The zero-order valence-corrected chi connectivity index (χ0v) is 18.2. The van der Waals surface area contributed by atoms with Gasteiger partial charge in [-0.25, -0.2) is 9.97 Å². The van der Waals surface area contributed by atoms with Gasteiger partial charge in [0.05, 0.1) is 24.5 Å². The van der Waals surface area contributed by atoms with Gasteiger partial charge in [0.25, 0.3) is 0 Å². The lowest BCUT2D eigenvalue weighted by Crippen LogP contribution is -2.26. The quantitative estimate of drug-likeness (QED) is 0.589. The predicted octanol–water partition coefficient (Wildman–Crippen LogP) is 4.57. The van der Waals surface area contributed by atoms with E-state index in [2.05, 4.69) is 52.5 Å². The molecule has 158 valence electrons. The molecule has 3 heterocycles. The van der Waals surface area contributed by atoms with Gasteiger partial charge >= 0.3 is 0 Å². The Kier molecular flexibility index (Phi) is 5.30. The monoisotopic (exact) mass is 432 g/mol. The highest BCUT2D eigenvalue weighted by atomic mass is 32.1. The van der Waals surface area contributed by atoms with E-state index in [-0.39, 0.29) is 12.6 Å². The maximum atomic E-state index is 10.1. The van der Waals surface area contributed by atoms with Crippen LogP contribution < -0.4 is 10.2 Å². The number of benzene rings is 1. The summed E-state index contributed by atoms with van der Waals surface area (Å²) in [6, 6.07) is 11.0. The molecule has 1 aromatic carbocycles. The smallest absolute Gasteiger partial charge is 0.228 e. The van der Waals surface area contributed by atoms with Crippen LogP contribution in [0.5, 0.6) is 0 Å². The number of nitrogens with one attached hydrogen (secondary N) is 1. The summed E-state index contributed by atoms with van der Waals surface area (Å²) in [5.41, 5.74) is 4.19. The fourth-order valence-electron chi connectivity index (χ4n) is 4.20. The number of hydrogen-bond acceptors (Lipinski definition) is 8. The Morgan fingerprint density at radius 2 is 2.03 bits per heavy atom. The molecule has 0 amide bonds. The third kappa shape index (κ3) is 3.99. The highest BCUT2D eigenvalue weighted by Crippen LogP contribution is 2.44. The van der Waals surface area contributed by atoms with Gasteiger partial charge < -0.3 is 15.3 Å². The van der Waals surface area contributed by atoms with Crippen LogP contribution in [0.1, 0.15) is 64.9 Å². The first kappa shape index (κ1) is 19.9. The first-order valence-corrected chi connectivity index (χ1v) is 11.5. The minimum Gasteiger partial charge on any atom is -0.391 e. The largest absolute Gasteiger partial charge is 0.391 e. The number of nitriles is 1. The van der Waals surface area contributed by atoms with Gasteiger partial charge in [-0.05, 0) is 38.2 Å². The molecule has 0 bridgehead atoms. The summed E-state index contributed by atoms with van der Waals surface area (Å²) in [5, 5.41) is 23.1. The zero-order valence-electron chi connectivity index (χ0n) is 17.4. The van der Waals surface area contributed by atoms with E-state index in [1.807, 2.05) is 0 Å². The van der Waals surface area contributed by atoms with Crippen LogP contribution in [0.4, 0.5) is 16.9 Å². The Balaban J connectivity index is 1.54. The van der Waals surface area contributed by atoms with Gasteiger partial charge in [-0.15, -0.1) is 0 Å². The number of aliphatic hydroxyl groups is 1. The first-order chi connectivity index (χ1) is 15.2. The SMILES string of the molecule is Cc1ccc(C2CCCN2c2nc(Nc3ncc(C#N)s3)c(CO)c(C3CC3)n2)cc1. The molecule has 1 unspecified atom stereocenters. The number of nitrogens with zero attached hydrogens (tertiary/aromatic N) is 5. The molecule has 31 heavy (non-hydrogen) atoms. The Morgan fingerprint density at radius 3 is 2.71 bits per heavy atom. The van der Waals surface area contributed by atoms with Crippen molar-refractivity contribution in [1.29, 1.82) is 5.26 Å². The third-order valence-electron chi connectivity index (χ3n) is 5.96. The fraction of sp³-hybridized carbons (Fsp3) is 0.391. The predicted molar refractivity (Wildman–Crippen MR) is 121 cm³/mol. The van der Waals surface area contributed by atoms with Crippen LogP contribution in [0, 0.1) is 18.3 Å². The summed E-state index contributed by atoms with van der Waals surface area (Å²) in [5.74, 6) is 1.65. The molecular formula is C23H24N6OS. The fourth-order valence-corrected chi connectivity index (χ4v) is 4.81. The summed E-state index contributed by atoms with van der Waals surface area (Å²) < 4.78 is 0. The molecule has 1 saturated heterocycles. The molecule has 1 aliphatic carbocycles. The average molecular weight is 433 g/mol. The van der Waals surface area contributed by atoms with E-state index < -0.39 is 0 Å². The molecule has 2 aliphatic rings. The van der Waals surface area contributed by atoms with Crippen molar-refractivity contribution in [2.45, 2.75) is 51.2 Å². The van der Waals surface area contributed by atoms with Crippen LogP contribution in [0.25, 0.3) is 0 Å². The van der Waals surface area contributed by atoms with E-state index >= 15 is 0 Å². The van der Waals surface area contributed by atoms with Gasteiger partial charge in [0, 0.05) is 18.0 Å². The lowest BCUT2D eigenvalue weighted by atomic mass is 10.0. The second kappa shape index (κ2) is 8.25. The normalized spacial score (nSPS) is 18.2. The van der Waals surface area contributed by atoms with Crippen molar-refractivity contribution < 1.29 is 5.11 Å². The lowest BCUT2D eigenvalue weighted by Gasteiger charge is -2.27. The number of aromatic nitrogens is 3. The number of rotatable bonds is 6. The first-order valence-electron chi connectivity index (χ1n) is 10.6. The molecule has 7 nitrogen and oxygen atoms in total. The van der Waals surface area contributed by atoms with Crippen LogP contribution >= 0.6 is 11.3 Å². The van der Waals surface area contributed by atoms with E-state index in [0.29, 0.717) is 27.7 Å². The van der Waals surface area contributed by atoms with Crippen LogP contribution in [0.15, 0.2) is 30.5 Å². The summed E-state index contributed by atoms with van der Waals surface area (Å²) in [4.78, 5) is 16.9. The molecule has 2 fully saturated rings. The van der Waals surface area contributed by atoms with Crippen LogP contribution in [0.3, 0.4) is 0 Å². The van der Waals surface area contributed by atoms with Gasteiger partial charge in [-0.3, -0.25) is 0 Å². The molecular weight excluding hydrogens is 408 g/mol. The maximum Gasteiger partial charge on any atom is 0.228 e. The van der Waals surface area contributed by atoms with Crippen molar-refractivity contribution >= 4 is 28.2 Å². The van der Waals surface area contributed by atoms with E-state index in [9.17, 15) is 5.11 Å². The molecule has 3 aromatic rings. The van der Waals surface area contributed by atoms with Gasteiger partial charge in [0.2, 0.25) is 5.95 Å². The van der Waals surface area contributed by atoms with E-state index in [1.54, 1.807) is 6.20 Å². The van der Waals surface area contributed by atoms with Gasteiger partial charge in [0.1, 0.15) is 16.8 Å². The van der Waals surface area contributed by atoms with Crippen molar-refractivity contribution in [1.82, 2.24) is 15.0 Å². The molecule has 1 saturated carbocycles. The van der Waals surface area contributed by atoms with Crippen LogP contribution in [-0.4, -0.2) is 26.6 Å². The third-order valence-corrected chi connectivity index (χ3v) is 6.78. The second-order valence-electron chi connectivity index (χ2n) is 8.20. The van der Waals surface area contributed by atoms with Gasteiger partial charge in [-0.1, -0.05) is 41.2 Å². The Morgan fingerprint density at radius 1 is 1.23 bits per heavy atom. The molecule has 1 atom stereocenters. The van der Waals surface area contributed by atoms with Crippen LogP contribution in [0.2, 0.25) is 0 Å². The standard InChI is InChI=1S/C23H24N6OS/c1-14-4-6-15(7-5-14)19-3-2-10-29(19)22-26-20(16-8-9-16)18(13-30)21(27-22)28-23-25-12-17(11-24)31-23/h4-7,12,16,19,30H,2-3,8-10,13H2,1H3,(H,25,26,27,28). The Hall–Kier alpha value is -3.02. The molecule has 2 N–H and O–H groups in total. The van der Waals surface area contributed by atoms with Gasteiger partial charge in [-0.2, -0.15) is 10.2 Å². The van der Waals surface area contributed by atoms with Crippen molar-refractivity contribution in [3.63, 3.8) is 0 Å². The Bertz CT molecular complexity index is 1130. The van der Waals surface area contributed by atoms with E-state index in [4.69, 9.17) is 15.2 Å². The summed E-state index contributed by atoms with van der Waals surface area (Å²) in [7, 11) is 0. The molecule has 5 rings (SSSR count). The molecule has 2 aromatic heterocycles. The average Bonchev–Trinajstić information content (AvgIpc) is 3.33. The van der Waals surface area contributed by atoms with Crippen molar-refractivity contribution in [3.05, 3.63) is 57.7 Å². The number of aryl methyl sites for hydroxylation is 1. The molecule has 8 heteroatoms. The summed E-state index contributed by atoms with van der Waals surface area (Å²) in [6.45, 7) is 2.87. The van der Waals surface area contributed by atoms with Crippen molar-refractivity contribution in [2.75, 3.05) is 16.8 Å². The molecule has 1 aliphatic heterocycles. The number of thiazole rings is 1. The molecule has 0 radical (unpaired) electrons. The minimum absolute atomic E-state index is 0.133. The van der Waals surface area contributed by atoms with E-state index in [1.165, 1.54) is 22.5 Å². The van der Waals surface area contributed by atoms with Crippen molar-refractivity contribution in [3.8, 4) is 6.07 Å². The lowest BCUT2D eigenvalue weighted by molar-refractivity contribution is 0.280. The Labute approximate surface area is 185 Å². The number of hydrogen-bond donors (Lipinski definition) is 2. The minimum atomic E-state index is -0.133. The highest BCUT2D eigenvalue weighted by molar-refractivity contribution is 7.16. The van der Waals surface area contributed by atoms with Crippen molar-refractivity contribution in [2.24, 2.45) is 0 Å². The second-order valence-corrected chi connectivity index (χ2v) is 9.23. The van der Waals surface area contributed by atoms with Crippen LogP contribution in [-0.2, 0) is 6.61 Å². The summed E-state index contributed by atoms with van der Waals surface area (Å²) in [6.07, 6.45) is 5.86. The highest BCUT2D eigenvalue weighted by Gasteiger charge is 2.33. The number of aliphatic hydroxyl groups excluding tert-OH is 1. The number of anilines is 3.